The van der Waals surface area contributed by atoms with E-state index in [1.54, 1.807) is 0 Å². The predicted octanol–water partition coefficient (Wildman–Crippen LogP) is 1.83. The number of amides is 1. The number of rotatable bonds is 5. The van der Waals surface area contributed by atoms with Crippen LogP contribution in [-0.4, -0.2) is 50.4 Å². The van der Waals surface area contributed by atoms with Crippen molar-refractivity contribution in [3.05, 3.63) is 35.9 Å². The number of imidazole rings is 1. The van der Waals surface area contributed by atoms with Crippen LogP contribution in [0.1, 0.15) is 46.1 Å². The highest BCUT2D eigenvalue weighted by Gasteiger charge is 2.60. The average molecular weight is 412 g/mol. The fourth-order valence-electron chi connectivity index (χ4n) is 4.53. The van der Waals surface area contributed by atoms with E-state index in [2.05, 4.69) is 16.4 Å². The lowest BCUT2D eigenvalue weighted by atomic mass is 10.0. The van der Waals surface area contributed by atoms with Crippen molar-refractivity contribution in [3.8, 4) is 6.07 Å². The number of pyridine rings is 1. The molecule has 3 atom stereocenters. The number of carbonyl (C=O) groups is 1. The van der Waals surface area contributed by atoms with E-state index in [-0.39, 0.29) is 23.7 Å². The van der Waals surface area contributed by atoms with E-state index in [1.807, 2.05) is 68.3 Å². The molecule has 3 heterocycles. The molecule has 0 bridgehead atoms. The molecule has 4 rings (SSSR count). The van der Waals surface area contributed by atoms with Gasteiger partial charge >= 0.3 is 0 Å². The van der Waals surface area contributed by atoms with Gasteiger partial charge in [0.2, 0.25) is 12.3 Å². The second kappa shape index (κ2) is 7.05. The number of nitriles is 1. The number of aliphatic hydroxyl groups is 1. The highest BCUT2D eigenvalue weighted by Crippen LogP contribution is 2.52. The van der Waals surface area contributed by atoms with Gasteiger partial charge in [-0.25, -0.2) is 4.98 Å². The first kappa shape index (κ1) is 20.8. The van der Waals surface area contributed by atoms with Crippen molar-refractivity contribution in [1.29, 1.82) is 5.26 Å². The number of hydrogen-bond acceptors (Lipinski definition) is 6. The first-order valence-electron chi connectivity index (χ1n) is 10.3. The molecule has 1 saturated carbocycles. The minimum Gasteiger partial charge on any atom is -0.356 e. The third kappa shape index (κ3) is 3.69. The van der Waals surface area contributed by atoms with Crippen molar-refractivity contribution < 1.29 is 14.6 Å². The van der Waals surface area contributed by atoms with E-state index >= 15 is 0 Å². The minimum absolute atomic E-state index is 0.00734. The second-order valence-corrected chi connectivity index (χ2v) is 9.83. The average Bonchev–Trinajstić information content (AvgIpc) is 3.01. The Morgan fingerprint density at radius 1 is 1.30 bits per heavy atom. The third-order valence-corrected chi connectivity index (χ3v) is 5.95. The van der Waals surface area contributed by atoms with Crippen molar-refractivity contribution in [2.24, 2.45) is 17.8 Å². The summed E-state index contributed by atoms with van der Waals surface area (Å²) < 4.78 is 7.48. The first-order valence-corrected chi connectivity index (χ1v) is 10.3. The van der Waals surface area contributed by atoms with Crippen LogP contribution in [0.15, 0.2) is 24.4 Å². The zero-order valence-electron chi connectivity index (χ0n) is 18.1. The minimum atomic E-state index is -0.946. The van der Waals surface area contributed by atoms with E-state index in [0.717, 1.165) is 5.52 Å². The van der Waals surface area contributed by atoms with Crippen LogP contribution in [0.4, 0.5) is 0 Å². The first-order chi connectivity index (χ1) is 14.0. The number of likely N-dealkylation sites (tertiary alicyclic amines) is 1. The summed E-state index contributed by atoms with van der Waals surface area (Å²) >= 11 is 0. The smallest absolute Gasteiger partial charge is 0.224 e. The van der Waals surface area contributed by atoms with E-state index in [4.69, 9.17) is 4.74 Å². The summed E-state index contributed by atoms with van der Waals surface area (Å²) in [6, 6.07) is 7.71. The predicted molar refractivity (Wildman–Crippen MR) is 110 cm³/mol. The molecule has 0 radical (unpaired) electrons. The molecule has 1 saturated heterocycles. The van der Waals surface area contributed by atoms with Gasteiger partial charge in [-0.2, -0.15) is 5.26 Å². The highest BCUT2D eigenvalue weighted by molar-refractivity contribution is 5.83. The van der Waals surface area contributed by atoms with Crippen LogP contribution in [0.3, 0.4) is 0 Å². The zero-order chi connectivity index (χ0) is 21.8. The molecular formula is C22H29N5O3. The molecule has 1 aliphatic heterocycles. The number of ether oxygens (including phenoxy) is 1. The number of hydrogen-bond donors (Lipinski definition) is 2. The molecule has 2 aromatic heterocycles. The molecule has 1 aliphatic carbocycles. The van der Waals surface area contributed by atoms with Crippen LogP contribution in [0, 0.1) is 29.1 Å². The lowest BCUT2D eigenvalue weighted by Gasteiger charge is -2.31. The maximum absolute atomic E-state index is 13.0. The number of nitrogens with zero attached hydrogens (tertiary/aromatic N) is 4. The Bertz CT molecular complexity index is 1000. The van der Waals surface area contributed by atoms with Gasteiger partial charge in [0.05, 0.1) is 16.7 Å². The van der Waals surface area contributed by atoms with Crippen molar-refractivity contribution in [1.82, 2.24) is 19.6 Å². The monoisotopic (exact) mass is 411 g/mol. The molecule has 0 aromatic carbocycles. The maximum Gasteiger partial charge on any atom is 0.224 e. The quantitative estimate of drug-likeness (QED) is 0.728. The highest BCUT2D eigenvalue weighted by atomic mass is 16.6. The summed E-state index contributed by atoms with van der Waals surface area (Å²) in [5.41, 5.74) is -0.0896. The van der Waals surface area contributed by atoms with Crippen LogP contribution in [0.25, 0.3) is 5.52 Å². The van der Waals surface area contributed by atoms with Crippen LogP contribution in [-0.2, 0) is 15.1 Å². The maximum atomic E-state index is 13.0. The topological polar surface area (TPSA) is 103 Å². The number of piperidine rings is 1. The SMILES string of the molecule is CC(C)(C)OC(O)N1CC2C(C1)C2C(=O)NC(C)(C)c1nc(C#N)c2ccccn12. The van der Waals surface area contributed by atoms with Crippen LogP contribution < -0.4 is 5.32 Å². The Hall–Kier alpha value is -2.47. The van der Waals surface area contributed by atoms with Crippen LogP contribution >= 0.6 is 0 Å². The van der Waals surface area contributed by atoms with Gasteiger partial charge in [0.25, 0.3) is 0 Å². The molecule has 160 valence electrons. The molecule has 2 fully saturated rings. The summed E-state index contributed by atoms with van der Waals surface area (Å²) in [6.45, 7) is 10.8. The fourth-order valence-corrected chi connectivity index (χ4v) is 4.53. The van der Waals surface area contributed by atoms with E-state index < -0.39 is 17.6 Å². The molecule has 8 heteroatoms. The molecule has 0 spiro atoms. The number of fused-ring (bicyclic) bond motifs is 2. The number of carbonyl (C=O) groups excluding carboxylic acids is 1. The Morgan fingerprint density at radius 2 is 1.97 bits per heavy atom. The lowest BCUT2D eigenvalue weighted by molar-refractivity contribution is -0.236. The Kier molecular flexibility index (Phi) is 4.88. The molecule has 8 nitrogen and oxygen atoms in total. The Morgan fingerprint density at radius 3 is 2.57 bits per heavy atom. The second-order valence-electron chi connectivity index (χ2n) is 9.83. The summed E-state index contributed by atoms with van der Waals surface area (Å²) in [5.74, 6) is 1.01. The van der Waals surface area contributed by atoms with Gasteiger partial charge in [-0.1, -0.05) is 6.07 Å². The molecule has 2 aromatic rings. The van der Waals surface area contributed by atoms with Gasteiger partial charge in [0, 0.05) is 25.2 Å². The fraction of sp³-hybridized carbons (Fsp3) is 0.591. The molecule has 2 N–H and O–H groups in total. The summed E-state index contributed by atoms with van der Waals surface area (Å²) in [7, 11) is 0. The van der Waals surface area contributed by atoms with Gasteiger partial charge in [-0.3, -0.25) is 9.69 Å². The van der Waals surface area contributed by atoms with Gasteiger partial charge in [-0.05, 0) is 58.6 Å². The molecule has 1 amide bonds. The van der Waals surface area contributed by atoms with Crippen molar-refractivity contribution >= 4 is 11.4 Å². The standard InChI is InChI=1S/C22H29N5O3/c1-21(2,3)30-20(29)26-11-13-14(12-26)17(13)18(28)25-22(4,5)19-24-15(10-23)16-8-6-7-9-27(16)19/h6-9,13-14,17,20,29H,11-12H2,1-5H3,(H,25,28). The Labute approximate surface area is 176 Å². The van der Waals surface area contributed by atoms with Crippen molar-refractivity contribution in [2.45, 2.75) is 52.2 Å². The lowest BCUT2D eigenvalue weighted by Crippen LogP contribution is -2.46. The van der Waals surface area contributed by atoms with Gasteiger partial charge in [-0.15, -0.1) is 0 Å². The molecular weight excluding hydrogens is 382 g/mol. The van der Waals surface area contributed by atoms with Gasteiger partial charge in [0.15, 0.2) is 5.69 Å². The van der Waals surface area contributed by atoms with E-state index in [0.29, 0.717) is 24.6 Å². The third-order valence-electron chi connectivity index (χ3n) is 5.95. The van der Waals surface area contributed by atoms with E-state index in [9.17, 15) is 15.2 Å². The molecule has 2 aliphatic rings. The van der Waals surface area contributed by atoms with Crippen LogP contribution in [0.2, 0.25) is 0 Å². The van der Waals surface area contributed by atoms with Crippen molar-refractivity contribution in [3.63, 3.8) is 0 Å². The zero-order valence-corrected chi connectivity index (χ0v) is 18.1. The number of aliphatic hydroxyl groups excluding tert-OH is 1. The van der Waals surface area contributed by atoms with E-state index in [1.165, 1.54) is 0 Å². The number of nitrogens with one attached hydrogen (secondary N) is 1. The summed E-state index contributed by atoms with van der Waals surface area (Å²) in [6.07, 6.45) is 0.908. The van der Waals surface area contributed by atoms with Crippen LogP contribution in [0.5, 0.6) is 0 Å². The Balaban J connectivity index is 1.42. The van der Waals surface area contributed by atoms with Gasteiger partial charge in [0.1, 0.15) is 11.9 Å². The normalized spacial score (nSPS) is 25.0. The van der Waals surface area contributed by atoms with Gasteiger partial charge < -0.3 is 19.6 Å². The van der Waals surface area contributed by atoms with Crippen molar-refractivity contribution in [2.75, 3.05) is 13.1 Å². The largest absolute Gasteiger partial charge is 0.356 e. The summed E-state index contributed by atoms with van der Waals surface area (Å²) in [4.78, 5) is 19.4. The number of aromatic nitrogens is 2. The summed E-state index contributed by atoms with van der Waals surface area (Å²) in [5, 5.41) is 22.8. The molecule has 30 heavy (non-hydrogen) atoms. The molecule has 3 unspecified atom stereocenters.